The van der Waals surface area contributed by atoms with Gasteiger partial charge in [0, 0.05) is 25.4 Å². The second kappa shape index (κ2) is 5.24. The molecule has 4 heteroatoms. The normalized spacial score (nSPS) is 13.6. The predicted molar refractivity (Wildman–Crippen MR) is 58.1 cm³/mol. The van der Waals surface area contributed by atoms with Gasteiger partial charge in [0.2, 0.25) is 0 Å². The van der Waals surface area contributed by atoms with Crippen molar-refractivity contribution < 1.29 is 9.90 Å². The van der Waals surface area contributed by atoms with Crippen molar-refractivity contribution in [3.05, 3.63) is 30.1 Å². The number of hydrogen-bond donors (Lipinski definition) is 1. The Hall–Kier alpha value is -1.71. The van der Waals surface area contributed by atoms with Crippen molar-refractivity contribution in [3.63, 3.8) is 0 Å². The Morgan fingerprint density at radius 1 is 1.67 bits per heavy atom. The highest BCUT2D eigenvalue weighted by molar-refractivity contribution is 6.36. The molecule has 1 aromatic heterocycles. The van der Waals surface area contributed by atoms with Gasteiger partial charge in [-0.2, -0.15) is 0 Å². The van der Waals surface area contributed by atoms with Crippen molar-refractivity contribution in [2.24, 2.45) is 10.9 Å². The Morgan fingerprint density at radius 3 is 2.87 bits per heavy atom. The van der Waals surface area contributed by atoms with E-state index in [0.29, 0.717) is 6.42 Å². The molecular formula is C11H14N2O2. The second-order valence-corrected chi connectivity index (χ2v) is 3.38. The molecule has 1 heterocycles. The molecule has 0 amide bonds. The molecule has 4 nitrogen and oxygen atoms in total. The number of pyridine rings is 1. The average molecular weight is 206 g/mol. The van der Waals surface area contributed by atoms with E-state index < -0.39 is 5.97 Å². The smallest absolute Gasteiger partial charge is 0.350 e. The summed E-state index contributed by atoms with van der Waals surface area (Å²) in [5, 5.41) is 8.88. The summed E-state index contributed by atoms with van der Waals surface area (Å²) in [7, 11) is 1.50. The van der Waals surface area contributed by atoms with Crippen LogP contribution in [0.2, 0.25) is 0 Å². The van der Waals surface area contributed by atoms with E-state index in [4.69, 9.17) is 5.11 Å². The van der Waals surface area contributed by atoms with Crippen molar-refractivity contribution in [2.45, 2.75) is 13.3 Å². The zero-order chi connectivity index (χ0) is 11.3. The minimum absolute atomic E-state index is 0.100. The number of nitrogens with zero attached hydrogens (tertiary/aromatic N) is 2. The number of aliphatic imine (C=N–C) groups is 1. The number of aromatic nitrogens is 1. The molecule has 0 aliphatic heterocycles. The third-order valence-electron chi connectivity index (χ3n) is 2.19. The van der Waals surface area contributed by atoms with Crippen molar-refractivity contribution in [1.29, 1.82) is 0 Å². The van der Waals surface area contributed by atoms with E-state index in [1.807, 2.05) is 19.1 Å². The molecule has 1 N–H and O–H groups in total. The van der Waals surface area contributed by atoms with E-state index in [1.165, 1.54) is 7.05 Å². The molecule has 0 bridgehead atoms. The molecule has 0 fully saturated rings. The Bertz CT molecular complexity index is 360. The summed E-state index contributed by atoms with van der Waals surface area (Å²) >= 11 is 0. The third-order valence-corrected chi connectivity index (χ3v) is 2.19. The first kappa shape index (κ1) is 11.4. The molecule has 0 spiro atoms. The van der Waals surface area contributed by atoms with Crippen LogP contribution in [0.5, 0.6) is 0 Å². The lowest BCUT2D eigenvalue weighted by Gasteiger charge is -2.10. The molecule has 80 valence electrons. The monoisotopic (exact) mass is 206 g/mol. The maximum Gasteiger partial charge on any atom is 0.350 e. The number of carboxylic acids is 1. The molecule has 0 aromatic carbocycles. The molecule has 1 unspecified atom stereocenters. The van der Waals surface area contributed by atoms with Gasteiger partial charge in [-0.05, 0) is 18.1 Å². The first-order chi connectivity index (χ1) is 7.15. The minimum Gasteiger partial charge on any atom is -0.477 e. The average Bonchev–Trinajstić information content (AvgIpc) is 2.19. The van der Waals surface area contributed by atoms with Crippen LogP contribution in [-0.4, -0.2) is 28.8 Å². The van der Waals surface area contributed by atoms with Gasteiger partial charge in [0.1, 0.15) is 5.71 Å². The van der Waals surface area contributed by atoms with E-state index in [-0.39, 0.29) is 11.6 Å². The standard InChI is InChI=1S/C11H14N2O2/c1-8(10(12-2)11(14)15)6-9-4-3-5-13-7-9/h3-5,7-8H,6H2,1-2H3,(H,14,15). The van der Waals surface area contributed by atoms with Crippen molar-refractivity contribution in [3.8, 4) is 0 Å². The summed E-state index contributed by atoms with van der Waals surface area (Å²) in [6, 6.07) is 3.77. The molecule has 0 radical (unpaired) electrons. The highest BCUT2D eigenvalue weighted by Crippen LogP contribution is 2.09. The molecular weight excluding hydrogens is 192 g/mol. The lowest BCUT2D eigenvalue weighted by molar-refractivity contribution is -0.129. The summed E-state index contributed by atoms with van der Waals surface area (Å²) in [5.41, 5.74) is 1.23. The maximum atomic E-state index is 10.8. The Kier molecular flexibility index (Phi) is 3.97. The van der Waals surface area contributed by atoms with Crippen LogP contribution in [0.1, 0.15) is 12.5 Å². The van der Waals surface area contributed by atoms with Crippen LogP contribution in [0.3, 0.4) is 0 Å². The molecule has 0 aliphatic carbocycles. The van der Waals surface area contributed by atoms with Crippen molar-refractivity contribution in [1.82, 2.24) is 4.98 Å². The van der Waals surface area contributed by atoms with Gasteiger partial charge in [0.05, 0.1) is 0 Å². The Morgan fingerprint density at radius 2 is 2.40 bits per heavy atom. The third kappa shape index (κ3) is 3.16. The van der Waals surface area contributed by atoms with Crippen LogP contribution in [0.15, 0.2) is 29.5 Å². The van der Waals surface area contributed by atoms with E-state index in [2.05, 4.69) is 9.98 Å². The first-order valence-electron chi connectivity index (χ1n) is 4.74. The summed E-state index contributed by atoms with van der Waals surface area (Å²) in [6.07, 6.45) is 4.08. The van der Waals surface area contributed by atoms with Crippen LogP contribution in [-0.2, 0) is 11.2 Å². The quantitative estimate of drug-likeness (QED) is 0.758. The second-order valence-electron chi connectivity index (χ2n) is 3.38. The molecule has 1 atom stereocenters. The Labute approximate surface area is 88.7 Å². The molecule has 1 aromatic rings. The zero-order valence-corrected chi connectivity index (χ0v) is 8.84. The van der Waals surface area contributed by atoms with Crippen LogP contribution in [0.25, 0.3) is 0 Å². The van der Waals surface area contributed by atoms with Gasteiger partial charge in [0.15, 0.2) is 0 Å². The van der Waals surface area contributed by atoms with Gasteiger partial charge in [-0.15, -0.1) is 0 Å². The summed E-state index contributed by atoms with van der Waals surface area (Å²) in [4.78, 5) is 18.6. The Balaban J connectivity index is 2.71. The fourth-order valence-electron chi connectivity index (χ4n) is 1.50. The molecule has 0 saturated heterocycles. The number of rotatable bonds is 4. The van der Waals surface area contributed by atoms with Crippen LogP contribution >= 0.6 is 0 Å². The van der Waals surface area contributed by atoms with Crippen molar-refractivity contribution in [2.75, 3.05) is 7.05 Å². The fraction of sp³-hybridized carbons (Fsp3) is 0.364. The van der Waals surface area contributed by atoms with E-state index in [9.17, 15) is 4.79 Å². The van der Waals surface area contributed by atoms with Crippen LogP contribution in [0, 0.1) is 5.92 Å². The zero-order valence-electron chi connectivity index (χ0n) is 8.84. The number of hydrogen-bond acceptors (Lipinski definition) is 3. The van der Waals surface area contributed by atoms with Gasteiger partial charge in [-0.25, -0.2) is 4.79 Å². The molecule has 15 heavy (non-hydrogen) atoms. The lowest BCUT2D eigenvalue weighted by atomic mass is 9.97. The van der Waals surface area contributed by atoms with Crippen molar-refractivity contribution >= 4 is 11.7 Å². The predicted octanol–water partition coefficient (Wildman–Crippen LogP) is 1.42. The fourth-order valence-corrected chi connectivity index (χ4v) is 1.50. The lowest BCUT2D eigenvalue weighted by Crippen LogP contribution is -2.23. The maximum absolute atomic E-state index is 10.8. The van der Waals surface area contributed by atoms with Crippen LogP contribution in [0.4, 0.5) is 0 Å². The summed E-state index contributed by atoms with van der Waals surface area (Å²) < 4.78 is 0. The minimum atomic E-state index is -0.950. The van der Waals surface area contributed by atoms with E-state index in [0.717, 1.165) is 5.56 Å². The van der Waals surface area contributed by atoms with Gasteiger partial charge in [-0.3, -0.25) is 9.98 Å². The highest BCUT2D eigenvalue weighted by atomic mass is 16.4. The highest BCUT2D eigenvalue weighted by Gasteiger charge is 2.17. The molecule has 1 rings (SSSR count). The van der Waals surface area contributed by atoms with E-state index >= 15 is 0 Å². The topological polar surface area (TPSA) is 62.5 Å². The van der Waals surface area contributed by atoms with Crippen LogP contribution < -0.4 is 0 Å². The van der Waals surface area contributed by atoms with Gasteiger partial charge < -0.3 is 5.11 Å². The largest absolute Gasteiger partial charge is 0.477 e. The van der Waals surface area contributed by atoms with Gasteiger partial charge in [-0.1, -0.05) is 13.0 Å². The SMILES string of the molecule is CN=C(C(=O)O)C(C)Cc1cccnc1. The summed E-state index contributed by atoms with van der Waals surface area (Å²) in [5.74, 6) is -1.05. The molecule has 0 aliphatic rings. The number of aliphatic carboxylic acids is 1. The van der Waals surface area contributed by atoms with Gasteiger partial charge >= 0.3 is 5.97 Å². The molecule has 0 saturated carbocycles. The number of carboxylic acid groups (broad SMARTS) is 1. The van der Waals surface area contributed by atoms with Gasteiger partial charge in [0.25, 0.3) is 0 Å². The van der Waals surface area contributed by atoms with E-state index in [1.54, 1.807) is 12.4 Å². The summed E-state index contributed by atoms with van der Waals surface area (Å²) in [6.45, 7) is 1.85. The first-order valence-corrected chi connectivity index (χ1v) is 4.74. The number of carbonyl (C=O) groups is 1.